The van der Waals surface area contributed by atoms with Crippen molar-refractivity contribution in [1.82, 2.24) is 0 Å². The molecule has 0 spiro atoms. The van der Waals surface area contributed by atoms with Crippen molar-refractivity contribution in [3.05, 3.63) is 107 Å². The molecule has 3 unspecified atom stereocenters. The summed E-state index contributed by atoms with van der Waals surface area (Å²) in [5, 5.41) is 52.7. The fourth-order valence-electron chi connectivity index (χ4n) is 16.0. The lowest BCUT2D eigenvalue weighted by molar-refractivity contribution is -0.138. The van der Waals surface area contributed by atoms with Gasteiger partial charge in [0.2, 0.25) is 0 Å². The molecule has 0 saturated heterocycles. The standard InChI is InChI=1S/C36H60O4.C36H62O4.C33H62O4/c1-3-5-17-23-31-29-30-32(24-19-13-11-12-16-22-28-36(39)40)34(33(31)25-18-6-4-2)26-20-14-9-7-8-10-15-21-27-35(37)38;1-3-5-21-27-33(29-23-17-13-9-7-11-15-19-25-31-35(37)38)34(28-22-6-4-2)30-24-18-14-10-8-12-16-20-26-32-36(39)40;1-3-5-7-9-10-13-19-25-31(27-21-15-12-17-23-29-33(36)37)30(24-18-8-6-4-2)26-20-14-11-16-22-28-32(34)35/h14,20,29-30H,3-13,15-19,21-28H2,1-2H3,(H,37,38)(H,39,40);13-14,17-18,23-24,29-30,33-34H,3-12,15-16,19-22,25-28,31-32H2,1-2H3,(H,37,38)(H,39,40);25,30H,3-24,26-29H2,1-2H3,(H,34,35)(H,36,37)/b;;31-25+. The number of hydrogen-bond donors (Lipinski definition) is 6. The first kappa shape index (κ1) is 114. The Balaban J connectivity index is 0. The highest BCUT2D eigenvalue weighted by Gasteiger charge is 2.18. The van der Waals surface area contributed by atoms with Gasteiger partial charge in [-0.15, -0.1) is 0 Å². The molecule has 1 aromatic rings. The minimum atomic E-state index is -0.683. The largest absolute Gasteiger partial charge is 0.481 e. The van der Waals surface area contributed by atoms with Crippen LogP contribution in [0.25, 0.3) is 0 Å². The molecule has 6 N–H and O–H groups in total. The van der Waals surface area contributed by atoms with Gasteiger partial charge in [-0.25, -0.2) is 0 Å². The van der Waals surface area contributed by atoms with Gasteiger partial charge in [-0.05, 0) is 213 Å². The van der Waals surface area contributed by atoms with Crippen molar-refractivity contribution in [2.45, 2.75) is 504 Å². The second kappa shape index (κ2) is 89.7. The van der Waals surface area contributed by atoms with Gasteiger partial charge in [-0.2, -0.15) is 0 Å². The van der Waals surface area contributed by atoms with Gasteiger partial charge < -0.3 is 30.6 Å². The normalized spacial score (nSPS) is 12.6. The summed E-state index contributed by atoms with van der Waals surface area (Å²) in [6.07, 6.45) is 105. The number of aryl methyl sites for hydroxylation is 2. The molecule has 0 aliphatic carbocycles. The summed E-state index contributed by atoms with van der Waals surface area (Å²) in [6, 6.07) is 4.87. The first-order valence-corrected chi connectivity index (χ1v) is 49.4. The summed E-state index contributed by atoms with van der Waals surface area (Å²) in [5.41, 5.74) is 8.06. The van der Waals surface area contributed by atoms with E-state index in [9.17, 15) is 28.8 Å². The number of hydrogen-bond acceptors (Lipinski definition) is 6. The van der Waals surface area contributed by atoms with Crippen molar-refractivity contribution in [2.75, 3.05) is 0 Å². The van der Waals surface area contributed by atoms with Gasteiger partial charge in [-0.3, -0.25) is 28.8 Å². The Morgan fingerprint density at radius 3 is 0.897 bits per heavy atom. The van der Waals surface area contributed by atoms with Crippen LogP contribution in [-0.4, -0.2) is 66.5 Å². The summed E-state index contributed by atoms with van der Waals surface area (Å²) >= 11 is 0. The van der Waals surface area contributed by atoms with Crippen molar-refractivity contribution in [3.8, 4) is 0 Å². The zero-order valence-electron chi connectivity index (χ0n) is 76.8. The Bertz CT molecular complexity index is 2580. The zero-order chi connectivity index (χ0) is 86.2. The van der Waals surface area contributed by atoms with Crippen LogP contribution in [0.15, 0.2) is 84.5 Å². The molecule has 0 aromatic heterocycles. The Labute approximate surface area is 719 Å². The van der Waals surface area contributed by atoms with Crippen molar-refractivity contribution in [2.24, 2.45) is 17.8 Å². The maximum absolute atomic E-state index is 10.7. The molecular formula is C105H184O12. The molecule has 0 heterocycles. The van der Waals surface area contributed by atoms with E-state index in [1.165, 1.54) is 276 Å². The first-order valence-electron chi connectivity index (χ1n) is 49.4. The van der Waals surface area contributed by atoms with E-state index >= 15 is 0 Å². The molecule has 0 saturated carbocycles. The molecule has 1 rings (SSSR count). The summed E-state index contributed by atoms with van der Waals surface area (Å²) in [7, 11) is 0. The molecule has 676 valence electrons. The van der Waals surface area contributed by atoms with Crippen LogP contribution in [0, 0.1) is 17.8 Å². The second-order valence-electron chi connectivity index (χ2n) is 34.2. The fraction of sp³-hybridized carbons (Fsp3) is 0.771. The van der Waals surface area contributed by atoms with Gasteiger partial charge in [0, 0.05) is 38.5 Å². The van der Waals surface area contributed by atoms with E-state index in [2.05, 4.69) is 121 Å². The maximum atomic E-state index is 10.7. The quantitative estimate of drug-likeness (QED) is 0.0204. The van der Waals surface area contributed by atoms with E-state index < -0.39 is 35.8 Å². The maximum Gasteiger partial charge on any atom is 0.303 e. The number of allylic oxidation sites excluding steroid dienone is 12. The van der Waals surface area contributed by atoms with Gasteiger partial charge in [-0.1, -0.05) is 376 Å². The summed E-state index contributed by atoms with van der Waals surface area (Å²) < 4.78 is 0. The third kappa shape index (κ3) is 81.3. The molecule has 0 aliphatic heterocycles. The van der Waals surface area contributed by atoms with Gasteiger partial charge in [0.15, 0.2) is 0 Å². The SMILES string of the molecule is CCCCCC(C=CC=CCCCCCCCC(=O)O)C(C=CC=CCCCCCCCC(=O)O)CCCCC.CCCCCCCC/C=C(\CCCCCCCC(=O)O)C(CCCCCC)CCCCCCCC(=O)O.CCCCCc1ccc(CCCCCCCCC(=O)O)c(CC=CCCCCCCCC(=O)O)c1CCCCC. The minimum Gasteiger partial charge on any atom is -0.481 e. The topological polar surface area (TPSA) is 224 Å². The smallest absolute Gasteiger partial charge is 0.303 e. The molecule has 0 aliphatic rings. The summed E-state index contributed by atoms with van der Waals surface area (Å²) in [5.74, 6) is -2.20. The number of carboxylic acid groups (broad SMARTS) is 6. The third-order valence-corrected chi connectivity index (χ3v) is 23.3. The molecule has 0 radical (unpaired) electrons. The highest BCUT2D eigenvalue weighted by Crippen LogP contribution is 2.33. The third-order valence-electron chi connectivity index (χ3n) is 23.3. The molecule has 12 nitrogen and oxygen atoms in total. The van der Waals surface area contributed by atoms with Crippen molar-refractivity contribution >= 4 is 35.8 Å². The number of carbonyl (C=O) groups is 6. The zero-order valence-corrected chi connectivity index (χ0v) is 76.8. The van der Waals surface area contributed by atoms with Crippen molar-refractivity contribution in [3.63, 3.8) is 0 Å². The average Bonchev–Trinajstić information content (AvgIpc) is 0.817. The van der Waals surface area contributed by atoms with Crippen LogP contribution < -0.4 is 0 Å². The van der Waals surface area contributed by atoms with E-state index in [4.69, 9.17) is 30.6 Å². The Morgan fingerprint density at radius 2 is 0.521 bits per heavy atom. The predicted molar refractivity (Wildman–Crippen MR) is 499 cm³/mol. The van der Waals surface area contributed by atoms with Crippen LogP contribution >= 0.6 is 0 Å². The number of rotatable bonds is 85. The Morgan fingerprint density at radius 1 is 0.256 bits per heavy atom. The van der Waals surface area contributed by atoms with Crippen LogP contribution in [0.2, 0.25) is 0 Å². The highest BCUT2D eigenvalue weighted by atomic mass is 16.4. The van der Waals surface area contributed by atoms with Crippen LogP contribution in [0.4, 0.5) is 0 Å². The van der Waals surface area contributed by atoms with Gasteiger partial charge >= 0.3 is 35.8 Å². The minimum absolute atomic E-state index is 0.299. The number of aliphatic carboxylic acids is 6. The van der Waals surface area contributed by atoms with E-state index in [1.807, 2.05) is 0 Å². The summed E-state index contributed by atoms with van der Waals surface area (Å²) in [6.45, 7) is 13.7. The lowest BCUT2D eigenvalue weighted by Crippen LogP contribution is -2.11. The second-order valence-corrected chi connectivity index (χ2v) is 34.2. The molecule has 0 fully saturated rings. The Hall–Kier alpha value is -5.52. The molecular weight excluding hydrogens is 1450 g/mol. The molecule has 1 aromatic carbocycles. The summed E-state index contributed by atoms with van der Waals surface area (Å²) in [4.78, 5) is 64.0. The lowest BCUT2D eigenvalue weighted by Gasteiger charge is -2.22. The van der Waals surface area contributed by atoms with E-state index in [0.717, 1.165) is 148 Å². The molecule has 3 atom stereocenters. The monoisotopic (exact) mass is 1640 g/mol. The van der Waals surface area contributed by atoms with Crippen LogP contribution in [0.5, 0.6) is 0 Å². The average molecular weight is 1640 g/mol. The van der Waals surface area contributed by atoms with E-state index in [0.29, 0.717) is 56.3 Å². The van der Waals surface area contributed by atoms with E-state index in [1.54, 1.807) is 27.8 Å². The Kier molecular flexibility index (Phi) is 87.1. The number of unbranched alkanes of at least 4 members (excludes halogenated alkanes) is 45. The molecule has 117 heavy (non-hydrogen) atoms. The van der Waals surface area contributed by atoms with E-state index in [-0.39, 0.29) is 0 Å². The van der Waals surface area contributed by atoms with Gasteiger partial charge in [0.05, 0.1) is 0 Å². The fourth-order valence-corrected chi connectivity index (χ4v) is 16.0. The molecule has 0 amide bonds. The van der Waals surface area contributed by atoms with Crippen LogP contribution in [-0.2, 0) is 54.5 Å². The van der Waals surface area contributed by atoms with Gasteiger partial charge in [0.25, 0.3) is 0 Å². The lowest BCUT2D eigenvalue weighted by atomic mass is 9.83. The highest BCUT2D eigenvalue weighted by molar-refractivity contribution is 5.68. The number of carboxylic acids is 6. The van der Waals surface area contributed by atoms with Crippen molar-refractivity contribution < 1.29 is 59.4 Å². The molecule has 12 heteroatoms. The molecule has 0 bridgehead atoms. The van der Waals surface area contributed by atoms with Crippen LogP contribution in [0.1, 0.15) is 500 Å². The number of benzene rings is 1. The van der Waals surface area contributed by atoms with Crippen molar-refractivity contribution in [1.29, 1.82) is 0 Å². The van der Waals surface area contributed by atoms with Gasteiger partial charge in [0.1, 0.15) is 0 Å². The first-order chi connectivity index (χ1) is 57.0. The predicted octanol–water partition coefficient (Wildman–Crippen LogP) is 32.5. The van der Waals surface area contributed by atoms with Crippen LogP contribution in [0.3, 0.4) is 0 Å².